The molecule has 1 heterocycles. The van der Waals surface area contributed by atoms with Crippen LogP contribution in [0.4, 0.5) is 0 Å². The van der Waals surface area contributed by atoms with Gasteiger partial charge in [0, 0.05) is 19.1 Å². The van der Waals surface area contributed by atoms with Gasteiger partial charge in [-0.3, -0.25) is 9.59 Å². The average molecular weight is 546 g/mol. The zero-order valence-electron chi connectivity index (χ0n) is 21.7. The van der Waals surface area contributed by atoms with Crippen molar-refractivity contribution in [1.82, 2.24) is 9.62 Å². The molecular weight excluding hydrogens is 514 g/mol. The van der Waals surface area contributed by atoms with Crippen LogP contribution < -0.4 is 4.72 Å². The number of amides is 1. The van der Waals surface area contributed by atoms with E-state index < -0.39 is 21.9 Å². The summed E-state index contributed by atoms with van der Waals surface area (Å²) in [6.45, 7) is 0.519. The molecule has 202 valence electrons. The number of hydrogen-bond donors (Lipinski definition) is 1. The maximum Gasteiger partial charge on any atom is 0.306 e. The molecule has 1 amide bonds. The molecule has 0 aliphatic carbocycles. The number of rotatable bonds is 11. The lowest BCUT2D eigenvalue weighted by Crippen LogP contribution is -2.42. The summed E-state index contributed by atoms with van der Waals surface area (Å²) in [6, 6.07) is 25.2. The molecule has 39 heavy (non-hydrogen) atoms. The summed E-state index contributed by atoms with van der Waals surface area (Å²) in [7, 11) is -2.54. The highest BCUT2D eigenvalue weighted by molar-refractivity contribution is 7.89. The summed E-state index contributed by atoms with van der Waals surface area (Å²) in [4.78, 5) is 26.8. The smallest absolute Gasteiger partial charge is 0.306 e. The number of esters is 1. The summed E-state index contributed by atoms with van der Waals surface area (Å²) in [5, 5.41) is 8.97. The number of methoxy groups -OCH3 is 1. The minimum absolute atomic E-state index is 0.0232. The van der Waals surface area contributed by atoms with Crippen molar-refractivity contribution < 1.29 is 22.7 Å². The monoisotopic (exact) mass is 545 g/mol. The summed E-state index contributed by atoms with van der Waals surface area (Å²) in [6.07, 6.45) is 1.86. The Morgan fingerprint density at radius 3 is 2.28 bits per heavy atom. The fourth-order valence-corrected chi connectivity index (χ4v) is 5.94. The van der Waals surface area contributed by atoms with Crippen molar-refractivity contribution in [3.8, 4) is 17.2 Å². The van der Waals surface area contributed by atoms with Crippen LogP contribution in [0.25, 0.3) is 11.1 Å². The Kier molecular flexibility index (Phi) is 9.12. The van der Waals surface area contributed by atoms with Crippen molar-refractivity contribution in [2.75, 3.05) is 20.2 Å². The maximum atomic E-state index is 13.1. The third-order valence-electron chi connectivity index (χ3n) is 7.00. The Morgan fingerprint density at radius 1 is 1.03 bits per heavy atom. The summed E-state index contributed by atoms with van der Waals surface area (Å²) < 4.78 is 33.6. The second kappa shape index (κ2) is 12.7. The van der Waals surface area contributed by atoms with E-state index in [0.29, 0.717) is 18.5 Å². The largest absolute Gasteiger partial charge is 0.469 e. The van der Waals surface area contributed by atoms with Crippen LogP contribution in [0.1, 0.15) is 30.4 Å². The molecule has 0 saturated carbocycles. The number of likely N-dealkylation sites (tertiary alicyclic amines) is 1. The van der Waals surface area contributed by atoms with Crippen LogP contribution in [0.5, 0.6) is 0 Å². The lowest BCUT2D eigenvalue weighted by Gasteiger charge is -2.25. The zero-order valence-corrected chi connectivity index (χ0v) is 22.6. The van der Waals surface area contributed by atoms with Gasteiger partial charge in [0.15, 0.2) is 0 Å². The Bertz CT molecular complexity index is 1430. The van der Waals surface area contributed by atoms with Gasteiger partial charge < -0.3 is 9.64 Å². The van der Waals surface area contributed by atoms with E-state index in [2.05, 4.69) is 10.8 Å². The van der Waals surface area contributed by atoms with E-state index in [9.17, 15) is 18.0 Å². The predicted molar refractivity (Wildman–Crippen MR) is 147 cm³/mol. The number of carbonyl (C=O) groups excluding carboxylic acids is 2. The van der Waals surface area contributed by atoms with Crippen LogP contribution in [0.15, 0.2) is 83.8 Å². The van der Waals surface area contributed by atoms with Gasteiger partial charge in [-0.25, -0.2) is 13.1 Å². The van der Waals surface area contributed by atoms with Gasteiger partial charge in [0.2, 0.25) is 15.9 Å². The fraction of sp³-hybridized carbons (Fsp3) is 0.300. The Balaban J connectivity index is 1.42. The number of nitrogens with one attached hydrogen (secondary N) is 1. The molecule has 4 rings (SSSR count). The third kappa shape index (κ3) is 7.11. The lowest BCUT2D eigenvalue weighted by molar-refractivity contribution is -0.144. The van der Waals surface area contributed by atoms with Crippen molar-refractivity contribution in [2.24, 2.45) is 5.92 Å². The minimum atomic E-state index is -3.83. The standard InChI is InChI=1S/C30H31N3O5S/c1-38-29(34)19-26-18-27(33(30(26)35)17-5-8-22-6-3-2-4-7-22)21-32-39(36,37)28-15-13-25(14-16-28)24-11-9-23(20-31)10-12-24/h2-4,6-7,9-16,26-27,32H,5,8,17-19,21H2,1H3/t26-,27-/m0/s1. The highest BCUT2D eigenvalue weighted by atomic mass is 32.2. The van der Waals surface area contributed by atoms with Gasteiger partial charge in [0.05, 0.1) is 36.0 Å². The number of ether oxygens (including phenoxy) is 1. The highest BCUT2D eigenvalue weighted by Gasteiger charge is 2.40. The number of benzene rings is 3. The first-order valence-electron chi connectivity index (χ1n) is 12.8. The van der Waals surface area contributed by atoms with Gasteiger partial charge >= 0.3 is 5.97 Å². The minimum Gasteiger partial charge on any atom is -0.469 e. The SMILES string of the molecule is COC(=O)C[C@@H]1C[C@@H](CNS(=O)(=O)c2ccc(-c3ccc(C#N)cc3)cc2)N(CCCc2ccccc2)C1=O. The molecule has 1 saturated heterocycles. The molecule has 9 heteroatoms. The van der Waals surface area contributed by atoms with Gasteiger partial charge in [-0.05, 0) is 60.2 Å². The Morgan fingerprint density at radius 2 is 1.67 bits per heavy atom. The van der Waals surface area contributed by atoms with E-state index in [1.165, 1.54) is 19.2 Å². The normalized spacial score (nSPS) is 17.1. The first-order valence-corrected chi connectivity index (χ1v) is 14.3. The van der Waals surface area contributed by atoms with Crippen molar-refractivity contribution >= 4 is 21.9 Å². The zero-order chi connectivity index (χ0) is 27.8. The van der Waals surface area contributed by atoms with Crippen molar-refractivity contribution in [3.63, 3.8) is 0 Å². The molecule has 1 aliphatic rings. The second-order valence-electron chi connectivity index (χ2n) is 9.55. The van der Waals surface area contributed by atoms with E-state index in [-0.39, 0.29) is 29.8 Å². The van der Waals surface area contributed by atoms with Crippen LogP contribution >= 0.6 is 0 Å². The Labute approximate surface area is 229 Å². The van der Waals surface area contributed by atoms with Crippen molar-refractivity contribution in [1.29, 1.82) is 5.26 Å². The molecule has 0 aromatic heterocycles. The molecular formula is C30H31N3O5S. The van der Waals surface area contributed by atoms with Crippen molar-refractivity contribution in [2.45, 2.75) is 36.6 Å². The van der Waals surface area contributed by atoms with Gasteiger partial charge in [0.25, 0.3) is 0 Å². The molecule has 0 spiro atoms. The van der Waals surface area contributed by atoms with Crippen LogP contribution in [-0.4, -0.2) is 51.4 Å². The van der Waals surface area contributed by atoms with E-state index in [0.717, 1.165) is 29.5 Å². The molecule has 3 aromatic carbocycles. The van der Waals surface area contributed by atoms with Crippen LogP contribution in [0.3, 0.4) is 0 Å². The number of nitrogens with zero attached hydrogens (tertiary/aromatic N) is 2. The van der Waals surface area contributed by atoms with Gasteiger partial charge in [0.1, 0.15) is 0 Å². The lowest BCUT2D eigenvalue weighted by atomic mass is 10.0. The fourth-order valence-electron chi connectivity index (χ4n) is 4.86. The molecule has 0 unspecified atom stereocenters. The Hall–Kier alpha value is -4.00. The number of hydrogen-bond acceptors (Lipinski definition) is 6. The molecule has 1 N–H and O–H groups in total. The van der Waals surface area contributed by atoms with Crippen LogP contribution in [0.2, 0.25) is 0 Å². The first kappa shape index (κ1) is 28.0. The van der Waals surface area contributed by atoms with E-state index in [1.807, 2.05) is 42.5 Å². The molecule has 0 radical (unpaired) electrons. The highest BCUT2D eigenvalue weighted by Crippen LogP contribution is 2.28. The summed E-state index contributed by atoms with van der Waals surface area (Å²) in [5.74, 6) is -1.14. The molecule has 3 aromatic rings. The van der Waals surface area contributed by atoms with Gasteiger partial charge in [-0.15, -0.1) is 0 Å². The van der Waals surface area contributed by atoms with E-state index in [4.69, 9.17) is 10.00 Å². The summed E-state index contributed by atoms with van der Waals surface area (Å²) in [5.41, 5.74) is 3.42. The molecule has 0 bridgehead atoms. The number of sulfonamides is 1. The number of carbonyl (C=O) groups is 2. The van der Waals surface area contributed by atoms with Gasteiger partial charge in [-0.1, -0.05) is 54.6 Å². The third-order valence-corrected chi connectivity index (χ3v) is 8.44. The maximum absolute atomic E-state index is 13.1. The number of nitriles is 1. The number of aryl methyl sites for hydroxylation is 1. The summed E-state index contributed by atoms with van der Waals surface area (Å²) >= 11 is 0. The van der Waals surface area contributed by atoms with Crippen molar-refractivity contribution in [3.05, 3.63) is 90.0 Å². The molecule has 2 atom stereocenters. The van der Waals surface area contributed by atoms with Gasteiger partial charge in [-0.2, -0.15) is 5.26 Å². The topological polar surface area (TPSA) is 117 Å². The second-order valence-corrected chi connectivity index (χ2v) is 11.3. The molecule has 1 aliphatic heterocycles. The average Bonchev–Trinajstić information content (AvgIpc) is 3.26. The van der Waals surface area contributed by atoms with E-state index in [1.54, 1.807) is 29.2 Å². The van der Waals surface area contributed by atoms with E-state index >= 15 is 0 Å². The predicted octanol–water partition coefficient (Wildman–Crippen LogP) is 3.92. The molecule has 8 nitrogen and oxygen atoms in total. The quantitative estimate of drug-likeness (QED) is 0.365. The van der Waals surface area contributed by atoms with Crippen LogP contribution in [-0.2, 0) is 30.8 Å². The molecule has 1 fully saturated rings. The van der Waals surface area contributed by atoms with Crippen LogP contribution in [0, 0.1) is 17.2 Å². The first-order chi connectivity index (χ1) is 18.8.